The fraction of sp³-hybridized carbons (Fsp3) is 0.316. The average molecular weight is 388 g/mol. The summed E-state index contributed by atoms with van der Waals surface area (Å²) in [6.45, 7) is 9.44. The van der Waals surface area contributed by atoms with E-state index in [4.69, 9.17) is 5.73 Å². The standard InChI is InChI=1S/C19H24N4O3S/c1-5-6-17(22-27(26)19(2,3)4)18-11-13(9-10-21-18)15-8-7-14(23(24)25)12-16(15)20/h5,7-12,17,22H,1,6,20H2,2-4H3. The van der Waals surface area contributed by atoms with E-state index < -0.39 is 20.7 Å². The Morgan fingerprint density at radius 1 is 1.37 bits per heavy atom. The first kappa shape index (κ1) is 20.7. The van der Waals surface area contributed by atoms with Crippen LogP contribution in [0.15, 0.2) is 49.2 Å². The van der Waals surface area contributed by atoms with E-state index in [1.54, 1.807) is 24.4 Å². The molecule has 0 saturated carbocycles. The Morgan fingerprint density at radius 2 is 2.07 bits per heavy atom. The molecule has 1 aromatic heterocycles. The second kappa shape index (κ2) is 8.41. The molecule has 8 heteroatoms. The number of nitrogen functional groups attached to an aromatic ring is 1. The monoisotopic (exact) mass is 388 g/mol. The minimum Gasteiger partial charge on any atom is -0.398 e. The van der Waals surface area contributed by atoms with E-state index in [1.807, 2.05) is 26.8 Å². The van der Waals surface area contributed by atoms with Gasteiger partial charge in [0.05, 0.1) is 32.4 Å². The molecule has 1 heterocycles. The summed E-state index contributed by atoms with van der Waals surface area (Å²) in [5, 5.41) is 10.9. The zero-order chi connectivity index (χ0) is 20.2. The van der Waals surface area contributed by atoms with Gasteiger partial charge in [-0.2, -0.15) is 0 Å². The van der Waals surface area contributed by atoms with Crippen LogP contribution in [0.3, 0.4) is 0 Å². The third-order valence-corrected chi connectivity index (χ3v) is 5.51. The van der Waals surface area contributed by atoms with Crippen molar-refractivity contribution in [2.45, 2.75) is 38.0 Å². The maximum atomic E-state index is 12.5. The second-order valence-corrected chi connectivity index (χ2v) is 9.07. The number of aromatic nitrogens is 1. The molecule has 2 rings (SSSR count). The van der Waals surface area contributed by atoms with Crippen molar-refractivity contribution in [3.8, 4) is 11.1 Å². The van der Waals surface area contributed by atoms with Gasteiger partial charge in [-0.25, -0.2) is 8.93 Å². The number of nitrogens with one attached hydrogen (secondary N) is 1. The fourth-order valence-electron chi connectivity index (χ4n) is 2.43. The molecule has 27 heavy (non-hydrogen) atoms. The van der Waals surface area contributed by atoms with Gasteiger partial charge in [-0.3, -0.25) is 15.1 Å². The van der Waals surface area contributed by atoms with Crippen LogP contribution >= 0.6 is 0 Å². The van der Waals surface area contributed by atoms with E-state index in [2.05, 4.69) is 16.3 Å². The lowest BCUT2D eigenvalue weighted by Gasteiger charge is -2.23. The molecule has 7 nitrogen and oxygen atoms in total. The van der Waals surface area contributed by atoms with Crippen LogP contribution in [0.5, 0.6) is 0 Å². The average Bonchev–Trinajstić information content (AvgIpc) is 2.60. The summed E-state index contributed by atoms with van der Waals surface area (Å²) < 4.78 is 15.2. The van der Waals surface area contributed by atoms with Crippen molar-refractivity contribution in [1.82, 2.24) is 9.71 Å². The Morgan fingerprint density at radius 3 is 2.63 bits per heavy atom. The molecule has 0 bridgehead atoms. The highest BCUT2D eigenvalue weighted by atomic mass is 32.2. The number of pyridine rings is 1. The number of nitro benzene ring substituents is 1. The molecule has 0 saturated heterocycles. The van der Waals surface area contributed by atoms with Gasteiger partial charge in [0.1, 0.15) is 0 Å². The van der Waals surface area contributed by atoms with Crippen molar-refractivity contribution in [2.75, 3.05) is 5.73 Å². The van der Waals surface area contributed by atoms with Gasteiger partial charge in [-0.15, -0.1) is 6.58 Å². The van der Waals surface area contributed by atoms with Crippen LogP contribution in [-0.2, 0) is 11.0 Å². The quantitative estimate of drug-likeness (QED) is 0.323. The molecule has 3 N–H and O–H groups in total. The summed E-state index contributed by atoms with van der Waals surface area (Å²) in [5.41, 5.74) is 8.42. The Balaban J connectivity index is 2.38. The van der Waals surface area contributed by atoms with Gasteiger partial charge in [0.25, 0.3) is 5.69 Å². The van der Waals surface area contributed by atoms with Crippen LogP contribution in [-0.4, -0.2) is 18.9 Å². The molecule has 0 spiro atoms. The summed E-state index contributed by atoms with van der Waals surface area (Å²) in [4.78, 5) is 14.8. The molecule has 0 aliphatic heterocycles. The van der Waals surface area contributed by atoms with Gasteiger partial charge in [0, 0.05) is 29.6 Å². The molecule has 0 radical (unpaired) electrons. The number of nitro groups is 1. The second-order valence-electron chi connectivity index (χ2n) is 7.07. The molecule has 2 atom stereocenters. The fourth-order valence-corrected chi connectivity index (χ4v) is 3.26. The Labute approximate surface area is 161 Å². The third kappa shape index (κ3) is 5.21. The molecule has 0 fully saturated rings. The van der Waals surface area contributed by atoms with Gasteiger partial charge < -0.3 is 5.73 Å². The van der Waals surface area contributed by atoms with Crippen molar-refractivity contribution in [1.29, 1.82) is 0 Å². The molecular weight excluding hydrogens is 364 g/mol. The van der Waals surface area contributed by atoms with Crippen LogP contribution in [0.25, 0.3) is 11.1 Å². The van der Waals surface area contributed by atoms with E-state index in [0.29, 0.717) is 23.4 Å². The van der Waals surface area contributed by atoms with E-state index in [-0.39, 0.29) is 11.7 Å². The van der Waals surface area contributed by atoms with Gasteiger partial charge in [-0.05, 0) is 51.0 Å². The van der Waals surface area contributed by atoms with Gasteiger partial charge in [0.2, 0.25) is 0 Å². The zero-order valence-electron chi connectivity index (χ0n) is 15.6. The molecule has 0 amide bonds. The number of rotatable bonds is 7. The number of benzene rings is 1. The number of non-ortho nitro benzene ring substituents is 1. The third-order valence-electron chi connectivity index (χ3n) is 3.90. The first-order valence-electron chi connectivity index (χ1n) is 8.42. The van der Waals surface area contributed by atoms with Crippen molar-refractivity contribution < 1.29 is 9.13 Å². The van der Waals surface area contributed by atoms with Crippen LogP contribution in [0, 0.1) is 10.1 Å². The van der Waals surface area contributed by atoms with Crippen LogP contribution in [0.4, 0.5) is 11.4 Å². The molecule has 0 aliphatic rings. The summed E-state index contributed by atoms with van der Waals surface area (Å²) in [7, 11) is -1.27. The van der Waals surface area contributed by atoms with E-state index in [9.17, 15) is 14.3 Å². The number of hydrogen-bond acceptors (Lipinski definition) is 5. The highest BCUT2D eigenvalue weighted by Gasteiger charge is 2.24. The number of hydrogen-bond donors (Lipinski definition) is 2. The number of nitrogens with zero attached hydrogens (tertiary/aromatic N) is 2. The molecular formula is C19H24N4O3S. The predicted molar refractivity (Wildman–Crippen MR) is 109 cm³/mol. The molecule has 144 valence electrons. The van der Waals surface area contributed by atoms with Gasteiger partial charge >= 0.3 is 0 Å². The summed E-state index contributed by atoms with van der Waals surface area (Å²) >= 11 is 0. The molecule has 2 aromatic rings. The largest absolute Gasteiger partial charge is 0.398 e. The molecule has 1 aromatic carbocycles. The van der Waals surface area contributed by atoms with Crippen molar-refractivity contribution in [3.05, 3.63) is 65.0 Å². The van der Waals surface area contributed by atoms with Crippen LogP contribution in [0.2, 0.25) is 0 Å². The highest BCUT2D eigenvalue weighted by Crippen LogP contribution is 2.31. The normalized spacial score (nSPS) is 13.7. The predicted octanol–water partition coefficient (Wildman–Crippen LogP) is 3.91. The maximum Gasteiger partial charge on any atom is 0.271 e. The molecule has 2 unspecified atom stereocenters. The Kier molecular flexibility index (Phi) is 6.45. The lowest BCUT2D eigenvalue weighted by molar-refractivity contribution is -0.384. The van der Waals surface area contributed by atoms with Gasteiger partial charge in [-0.1, -0.05) is 6.08 Å². The van der Waals surface area contributed by atoms with Crippen molar-refractivity contribution in [2.24, 2.45) is 0 Å². The topological polar surface area (TPSA) is 111 Å². The summed E-state index contributed by atoms with van der Waals surface area (Å²) in [5.74, 6) is 0. The maximum absolute atomic E-state index is 12.5. The first-order valence-corrected chi connectivity index (χ1v) is 9.57. The minimum atomic E-state index is -1.27. The SMILES string of the molecule is C=CCC(NS(=O)C(C)(C)C)c1cc(-c2ccc([N+](=O)[O-])cc2N)ccn1. The van der Waals surface area contributed by atoms with Crippen LogP contribution in [0.1, 0.15) is 38.9 Å². The Hall–Kier alpha value is -2.58. The Bertz CT molecular complexity index is 877. The van der Waals surface area contributed by atoms with E-state index in [0.717, 1.165) is 5.56 Å². The lowest BCUT2D eigenvalue weighted by atomic mass is 10.0. The van der Waals surface area contributed by atoms with Crippen molar-refractivity contribution >= 4 is 22.4 Å². The smallest absolute Gasteiger partial charge is 0.271 e. The summed E-state index contributed by atoms with van der Waals surface area (Å²) in [6.07, 6.45) is 3.93. The molecule has 0 aliphatic carbocycles. The van der Waals surface area contributed by atoms with Crippen molar-refractivity contribution in [3.63, 3.8) is 0 Å². The first-order chi connectivity index (χ1) is 12.6. The highest BCUT2D eigenvalue weighted by molar-refractivity contribution is 7.84. The van der Waals surface area contributed by atoms with Crippen LogP contribution < -0.4 is 10.5 Å². The van der Waals surface area contributed by atoms with Gasteiger partial charge in [0.15, 0.2) is 0 Å². The van der Waals surface area contributed by atoms with E-state index >= 15 is 0 Å². The van der Waals surface area contributed by atoms with E-state index in [1.165, 1.54) is 12.1 Å². The lowest BCUT2D eigenvalue weighted by Crippen LogP contribution is -2.36. The number of anilines is 1. The number of nitrogens with two attached hydrogens (primary N) is 1. The minimum absolute atomic E-state index is 0.0581. The zero-order valence-corrected chi connectivity index (χ0v) is 16.5. The summed E-state index contributed by atoms with van der Waals surface area (Å²) in [6, 6.07) is 7.73.